The van der Waals surface area contributed by atoms with Gasteiger partial charge in [-0.2, -0.15) is 0 Å². The van der Waals surface area contributed by atoms with Crippen LogP contribution in [-0.2, 0) is 13.1 Å². The molecule has 1 N–H and O–H groups in total. The van der Waals surface area contributed by atoms with Crippen molar-refractivity contribution in [2.75, 3.05) is 11.6 Å². The minimum absolute atomic E-state index is 0.725. The highest BCUT2D eigenvalue weighted by atomic mass is 32.2. The molecule has 0 aliphatic carbocycles. The van der Waals surface area contributed by atoms with Crippen molar-refractivity contribution in [2.24, 2.45) is 0 Å². The zero-order valence-electron chi connectivity index (χ0n) is 13.2. The van der Waals surface area contributed by atoms with Crippen LogP contribution in [0.15, 0.2) is 54.1 Å². The lowest BCUT2D eigenvalue weighted by molar-refractivity contribution is 0.760. The van der Waals surface area contributed by atoms with Gasteiger partial charge in [-0.1, -0.05) is 24.3 Å². The summed E-state index contributed by atoms with van der Waals surface area (Å²) in [4.78, 5) is 12.9. The second kappa shape index (κ2) is 7.28. The number of anilines is 1. The van der Waals surface area contributed by atoms with Gasteiger partial charge in [-0.15, -0.1) is 11.8 Å². The molecule has 0 saturated heterocycles. The number of benzene rings is 1. The van der Waals surface area contributed by atoms with Crippen molar-refractivity contribution in [1.82, 2.24) is 19.5 Å². The van der Waals surface area contributed by atoms with E-state index in [-0.39, 0.29) is 0 Å². The van der Waals surface area contributed by atoms with Crippen LogP contribution in [0.1, 0.15) is 17.0 Å². The summed E-state index contributed by atoms with van der Waals surface area (Å²) in [6.45, 7) is 3.58. The number of aromatic nitrogens is 4. The van der Waals surface area contributed by atoms with Gasteiger partial charge in [0.05, 0.1) is 12.4 Å². The van der Waals surface area contributed by atoms with Crippen molar-refractivity contribution >= 4 is 17.6 Å². The minimum Gasteiger partial charge on any atom is -0.365 e. The molecule has 3 rings (SSSR count). The molecular formula is C17H19N5S. The summed E-state index contributed by atoms with van der Waals surface area (Å²) in [5, 5.41) is 4.24. The van der Waals surface area contributed by atoms with Gasteiger partial charge >= 0.3 is 0 Å². The fourth-order valence-electron chi connectivity index (χ4n) is 2.33. The number of imidazole rings is 1. The molecule has 0 atom stereocenters. The van der Waals surface area contributed by atoms with Crippen LogP contribution in [0, 0.1) is 6.92 Å². The van der Waals surface area contributed by atoms with Crippen molar-refractivity contribution < 1.29 is 0 Å². The van der Waals surface area contributed by atoms with Gasteiger partial charge in [0.25, 0.3) is 0 Å². The number of hydrogen-bond donors (Lipinski definition) is 1. The molecule has 0 bridgehead atoms. The molecule has 0 amide bonds. The van der Waals surface area contributed by atoms with Crippen LogP contribution in [-0.4, -0.2) is 25.8 Å². The SMILES string of the molecule is CSc1cncc(NCc2cccc(Cn3ccnc3C)c2)n1. The first-order chi connectivity index (χ1) is 11.2. The van der Waals surface area contributed by atoms with Crippen molar-refractivity contribution in [3.63, 3.8) is 0 Å². The molecule has 0 aliphatic heterocycles. The van der Waals surface area contributed by atoms with Crippen molar-refractivity contribution in [3.05, 3.63) is 66.0 Å². The Morgan fingerprint density at radius 1 is 1.22 bits per heavy atom. The highest BCUT2D eigenvalue weighted by Gasteiger charge is 2.02. The van der Waals surface area contributed by atoms with Gasteiger partial charge in [0.1, 0.15) is 16.7 Å². The second-order valence-corrected chi connectivity index (χ2v) is 6.05. The van der Waals surface area contributed by atoms with E-state index < -0.39 is 0 Å². The summed E-state index contributed by atoms with van der Waals surface area (Å²) in [6.07, 6.45) is 9.35. The third kappa shape index (κ3) is 4.10. The third-order valence-corrected chi connectivity index (χ3v) is 4.18. The first-order valence-electron chi connectivity index (χ1n) is 7.40. The maximum absolute atomic E-state index is 4.48. The van der Waals surface area contributed by atoms with Gasteiger partial charge in [0.2, 0.25) is 0 Å². The largest absolute Gasteiger partial charge is 0.365 e. The summed E-state index contributed by atoms with van der Waals surface area (Å²) >= 11 is 1.59. The van der Waals surface area contributed by atoms with Gasteiger partial charge < -0.3 is 9.88 Å². The molecule has 2 aromatic heterocycles. The van der Waals surface area contributed by atoms with Gasteiger partial charge in [0, 0.05) is 25.5 Å². The van der Waals surface area contributed by atoms with Crippen LogP contribution in [0.5, 0.6) is 0 Å². The molecule has 118 valence electrons. The van der Waals surface area contributed by atoms with E-state index in [9.17, 15) is 0 Å². The molecule has 3 aromatic rings. The van der Waals surface area contributed by atoms with Crippen LogP contribution < -0.4 is 5.32 Å². The van der Waals surface area contributed by atoms with Gasteiger partial charge in [0.15, 0.2) is 0 Å². The quantitative estimate of drug-likeness (QED) is 0.704. The Morgan fingerprint density at radius 3 is 2.87 bits per heavy atom. The highest BCUT2D eigenvalue weighted by Crippen LogP contribution is 2.14. The molecule has 6 heteroatoms. The number of nitrogens with zero attached hydrogens (tertiary/aromatic N) is 4. The maximum atomic E-state index is 4.48. The van der Waals surface area contributed by atoms with Crippen molar-refractivity contribution in [2.45, 2.75) is 25.0 Å². The molecule has 2 heterocycles. The Morgan fingerprint density at radius 2 is 2.09 bits per heavy atom. The predicted octanol–water partition coefficient (Wildman–Crippen LogP) is 3.36. The summed E-state index contributed by atoms with van der Waals surface area (Å²) < 4.78 is 2.14. The molecule has 0 spiro atoms. The highest BCUT2D eigenvalue weighted by molar-refractivity contribution is 7.98. The molecule has 23 heavy (non-hydrogen) atoms. The molecule has 0 aliphatic rings. The monoisotopic (exact) mass is 325 g/mol. The van der Waals surface area contributed by atoms with Gasteiger partial charge in [-0.05, 0) is 24.3 Å². The molecule has 0 radical (unpaired) electrons. The average Bonchev–Trinajstić information content (AvgIpc) is 2.98. The number of hydrogen-bond acceptors (Lipinski definition) is 5. The van der Waals surface area contributed by atoms with E-state index in [0.717, 1.165) is 29.8 Å². The lowest BCUT2D eigenvalue weighted by Crippen LogP contribution is -2.04. The lowest BCUT2D eigenvalue weighted by Gasteiger charge is -2.09. The standard InChI is InChI=1S/C17H19N5S/c1-13-19-6-7-22(13)12-15-5-3-4-14(8-15)9-20-16-10-18-11-17(21-16)23-2/h3-8,10-11H,9,12H2,1-2H3,(H,20,21). The topological polar surface area (TPSA) is 55.6 Å². The Hall–Kier alpha value is -2.34. The molecule has 1 aromatic carbocycles. The Kier molecular flexibility index (Phi) is 4.92. The summed E-state index contributed by atoms with van der Waals surface area (Å²) in [5.74, 6) is 1.82. The van der Waals surface area contributed by atoms with E-state index in [4.69, 9.17) is 0 Å². The molecule has 0 saturated carbocycles. The minimum atomic E-state index is 0.725. The first-order valence-corrected chi connectivity index (χ1v) is 8.62. The Labute approximate surface area is 140 Å². The molecule has 0 fully saturated rings. The van der Waals surface area contributed by atoms with Gasteiger partial charge in [-0.3, -0.25) is 4.98 Å². The molecule has 0 unspecified atom stereocenters. The lowest BCUT2D eigenvalue weighted by atomic mass is 10.1. The van der Waals surface area contributed by atoms with E-state index in [2.05, 4.69) is 49.1 Å². The van der Waals surface area contributed by atoms with E-state index in [0.29, 0.717) is 0 Å². The van der Waals surface area contributed by atoms with E-state index in [1.807, 2.05) is 25.6 Å². The average molecular weight is 325 g/mol. The summed E-state index contributed by atoms with van der Waals surface area (Å²) in [6, 6.07) is 8.54. The van der Waals surface area contributed by atoms with E-state index >= 15 is 0 Å². The number of nitrogens with one attached hydrogen (secondary N) is 1. The second-order valence-electron chi connectivity index (χ2n) is 5.22. The van der Waals surface area contributed by atoms with E-state index in [1.165, 1.54) is 11.1 Å². The Balaban J connectivity index is 1.66. The fraction of sp³-hybridized carbons (Fsp3) is 0.235. The fourth-order valence-corrected chi connectivity index (χ4v) is 2.69. The first kappa shape index (κ1) is 15.6. The van der Waals surface area contributed by atoms with Crippen LogP contribution in [0.4, 0.5) is 5.82 Å². The molecular weight excluding hydrogens is 306 g/mol. The van der Waals surface area contributed by atoms with Crippen LogP contribution in [0.2, 0.25) is 0 Å². The van der Waals surface area contributed by atoms with Crippen molar-refractivity contribution in [3.8, 4) is 0 Å². The zero-order valence-corrected chi connectivity index (χ0v) is 14.0. The molecule has 5 nitrogen and oxygen atoms in total. The maximum Gasteiger partial charge on any atom is 0.146 e. The smallest absolute Gasteiger partial charge is 0.146 e. The van der Waals surface area contributed by atoms with Crippen LogP contribution in [0.25, 0.3) is 0 Å². The number of thioether (sulfide) groups is 1. The third-order valence-electron chi connectivity index (χ3n) is 3.56. The summed E-state index contributed by atoms with van der Waals surface area (Å²) in [5.41, 5.74) is 2.48. The Bertz CT molecular complexity index is 784. The van der Waals surface area contributed by atoms with Crippen LogP contribution >= 0.6 is 11.8 Å². The number of rotatable bonds is 6. The summed E-state index contributed by atoms with van der Waals surface area (Å²) in [7, 11) is 0. The predicted molar refractivity (Wildman–Crippen MR) is 93.6 cm³/mol. The normalized spacial score (nSPS) is 10.7. The van der Waals surface area contributed by atoms with E-state index in [1.54, 1.807) is 24.2 Å². The van der Waals surface area contributed by atoms with Crippen LogP contribution in [0.3, 0.4) is 0 Å². The van der Waals surface area contributed by atoms with Gasteiger partial charge in [-0.25, -0.2) is 9.97 Å². The zero-order chi connectivity index (χ0) is 16.1. The number of aryl methyl sites for hydroxylation is 1. The van der Waals surface area contributed by atoms with Crippen molar-refractivity contribution in [1.29, 1.82) is 0 Å².